The van der Waals surface area contributed by atoms with Gasteiger partial charge in [0.2, 0.25) is 5.95 Å². The van der Waals surface area contributed by atoms with Crippen LogP contribution in [0, 0.1) is 0 Å². The SMILES string of the molecule is CN(C)c1ncc(CBr)cn1. The Morgan fingerprint density at radius 1 is 1.36 bits per heavy atom. The van der Waals surface area contributed by atoms with Gasteiger partial charge < -0.3 is 4.90 Å². The number of anilines is 1. The van der Waals surface area contributed by atoms with Gasteiger partial charge in [0.25, 0.3) is 0 Å². The van der Waals surface area contributed by atoms with E-state index >= 15 is 0 Å². The average molecular weight is 216 g/mol. The second-order valence-corrected chi connectivity index (χ2v) is 2.98. The van der Waals surface area contributed by atoms with Crippen LogP contribution in [0.1, 0.15) is 5.56 Å². The minimum atomic E-state index is 0.745. The summed E-state index contributed by atoms with van der Waals surface area (Å²) in [4.78, 5) is 10.1. The van der Waals surface area contributed by atoms with Gasteiger partial charge in [-0.1, -0.05) is 15.9 Å². The van der Waals surface area contributed by atoms with E-state index in [9.17, 15) is 0 Å². The molecule has 0 aromatic carbocycles. The summed E-state index contributed by atoms with van der Waals surface area (Å²) >= 11 is 3.33. The molecular formula is C7H10BrN3. The van der Waals surface area contributed by atoms with Crippen LogP contribution in [0.25, 0.3) is 0 Å². The molecule has 0 radical (unpaired) electrons. The summed E-state index contributed by atoms with van der Waals surface area (Å²) in [5.41, 5.74) is 1.09. The first-order valence-electron chi connectivity index (χ1n) is 3.28. The largest absolute Gasteiger partial charge is 0.347 e. The first-order valence-corrected chi connectivity index (χ1v) is 4.40. The Labute approximate surface area is 74.6 Å². The Morgan fingerprint density at radius 2 is 1.91 bits per heavy atom. The van der Waals surface area contributed by atoms with Crippen molar-refractivity contribution in [1.29, 1.82) is 0 Å². The van der Waals surface area contributed by atoms with Crippen molar-refractivity contribution in [3.8, 4) is 0 Å². The molecule has 0 aliphatic rings. The molecule has 1 heterocycles. The van der Waals surface area contributed by atoms with E-state index < -0.39 is 0 Å². The van der Waals surface area contributed by atoms with Crippen LogP contribution in [0.2, 0.25) is 0 Å². The summed E-state index contributed by atoms with van der Waals surface area (Å²) in [7, 11) is 3.84. The van der Waals surface area contributed by atoms with Crippen LogP contribution in [0.4, 0.5) is 5.95 Å². The van der Waals surface area contributed by atoms with E-state index in [1.807, 2.05) is 31.4 Å². The highest BCUT2D eigenvalue weighted by atomic mass is 79.9. The van der Waals surface area contributed by atoms with Gasteiger partial charge in [-0.25, -0.2) is 9.97 Å². The predicted molar refractivity (Wildman–Crippen MR) is 49.0 cm³/mol. The molecule has 4 heteroatoms. The van der Waals surface area contributed by atoms with Crippen molar-refractivity contribution in [3.63, 3.8) is 0 Å². The van der Waals surface area contributed by atoms with Crippen LogP contribution in [-0.2, 0) is 5.33 Å². The smallest absolute Gasteiger partial charge is 0.224 e. The molecule has 0 unspecified atom stereocenters. The molecule has 0 saturated carbocycles. The zero-order valence-electron chi connectivity index (χ0n) is 6.58. The van der Waals surface area contributed by atoms with E-state index in [2.05, 4.69) is 25.9 Å². The van der Waals surface area contributed by atoms with E-state index in [4.69, 9.17) is 0 Å². The van der Waals surface area contributed by atoms with E-state index in [-0.39, 0.29) is 0 Å². The minimum Gasteiger partial charge on any atom is -0.347 e. The fraction of sp³-hybridized carbons (Fsp3) is 0.429. The molecule has 3 nitrogen and oxygen atoms in total. The van der Waals surface area contributed by atoms with Crippen molar-refractivity contribution in [3.05, 3.63) is 18.0 Å². The number of nitrogens with zero attached hydrogens (tertiary/aromatic N) is 3. The van der Waals surface area contributed by atoms with Crippen molar-refractivity contribution in [2.45, 2.75) is 5.33 Å². The number of hydrogen-bond donors (Lipinski definition) is 0. The molecule has 60 valence electrons. The molecule has 0 bridgehead atoms. The molecule has 0 fully saturated rings. The highest BCUT2D eigenvalue weighted by molar-refractivity contribution is 9.08. The normalized spacial score (nSPS) is 9.73. The van der Waals surface area contributed by atoms with Crippen LogP contribution >= 0.6 is 15.9 Å². The second kappa shape index (κ2) is 3.67. The van der Waals surface area contributed by atoms with Crippen LogP contribution in [0.15, 0.2) is 12.4 Å². The lowest BCUT2D eigenvalue weighted by Crippen LogP contribution is -2.12. The lowest BCUT2D eigenvalue weighted by molar-refractivity contribution is 0.987. The number of alkyl halides is 1. The number of aromatic nitrogens is 2. The fourth-order valence-corrected chi connectivity index (χ4v) is 0.937. The molecule has 0 spiro atoms. The van der Waals surface area contributed by atoms with E-state index in [1.54, 1.807) is 0 Å². The quantitative estimate of drug-likeness (QED) is 0.700. The van der Waals surface area contributed by atoms with E-state index in [0.717, 1.165) is 16.8 Å². The minimum absolute atomic E-state index is 0.745. The fourth-order valence-electron chi connectivity index (χ4n) is 0.648. The third-order valence-electron chi connectivity index (χ3n) is 1.25. The summed E-state index contributed by atoms with van der Waals surface area (Å²) in [6, 6.07) is 0. The average Bonchev–Trinajstić information content (AvgIpc) is 2.05. The lowest BCUT2D eigenvalue weighted by atomic mass is 10.4. The van der Waals surface area contributed by atoms with Gasteiger partial charge >= 0.3 is 0 Å². The van der Waals surface area contributed by atoms with E-state index in [0.29, 0.717) is 0 Å². The van der Waals surface area contributed by atoms with Crippen LogP contribution in [0.3, 0.4) is 0 Å². The first-order chi connectivity index (χ1) is 5.24. The van der Waals surface area contributed by atoms with Crippen molar-refractivity contribution in [2.24, 2.45) is 0 Å². The molecule has 1 rings (SSSR count). The zero-order chi connectivity index (χ0) is 8.27. The number of halogens is 1. The van der Waals surface area contributed by atoms with Crippen molar-refractivity contribution in [2.75, 3.05) is 19.0 Å². The molecule has 0 atom stereocenters. The van der Waals surface area contributed by atoms with Gasteiger partial charge in [-0.05, 0) is 5.56 Å². The Morgan fingerprint density at radius 3 is 2.27 bits per heavy atom. The Bertz CT molecular complexity index is 220. The molecule has 0 aliphatic heterocycles. The summed E-state index contributed by atoms with van der Waals surface area (Å²) < 4.78 is 0. The van der Waals surface area contributed by atoms with E-state index in [1.165, 1.54) is 0 Å². The third kappa shape index (κ3) is 2.15. The van der Waals surface area contributed by atoms with Gasteiger partial charge in [-0.3, -0.25) is 0 Å². The second-order valence-electron chi connectivity index (χ2n) is 2.42. The lowest BCUT2D eigenvalue weighted by Gasteiger charge is -2.08. The van der Waals surface area contributed by atoms with Gasteiger partial charge in [0, 0.05) is 31.8 Å². The summed E-state index contributed by atoms with van der Waals surface area (Å²) in [6.07, 6.45) is 3.63. The first kappa shape index (κ1) is 8.46. The van der Waals surface area contributed by atoms with Crippen molar-refractivity contribution in [1.82, 2.24) is 9.97 Å². The maximum atomic E-state index is 4.13. The topological polar surface area (TPSA) is 29.0 Å². The van der Waals surface area contributed by atoms with Gasteiger partial charge in [0.05, 0.1) is 0 Å². The maximum Gasteiger partial charge on any atom is 0.224 e. The zero-order valence-corrected chi connectivity index (χ0v) is 8.17. The highest BCUT2D eigenvalue weighted by Gasteiger charge is 1.96. The molecule has 0 N–H and O–H groups in total. The van der Waals surface area contributed by atoms with Gasteiger partial charge in [0.1, 0.15) is 0 Å². The number of rotatable bonds is 2. The molecule has 0 amide bonds. The summed E-state index contributed by atoms with van der Waals surface area (Å²) in [5.74, 6) is 0.745. The van der Waals surface area contributed by atoms with Crippen LogP contribution < -0.4 is 4.90 Å². The number of hydrogen-bond acceptors (Lipinski definition) is 3. The molecular weight excluding hydrogens is 206 g/mol. The third-order valence-corrected chi connectivity index (χ3v) is 1.89. The molecule has 0 aliphatic carbocycles. The van der Waals surface area contributed by atoms with Crippen molar-refractivity contribution < 1.29 is 0 Å². The Kier molecular flexibility index (Phi) is 2.82. The highest BCUT2D eigenvalue weighted by Crippen LogP contribution is 2.05. The monoisotopic (exact) mass is 215 g/mol. The summed E-state index contributed by atoms with van der Waals surface area (Å²) in [5, 5.41) is 0.806. The van der Waals surface area contributed by atoms with Gasteiger partial charge in [-0.2, -0.15) is 0 Å². The maximum absolute atomic E-state index is 4.13. The molecule has 1 aromatic rings. The van der Waals surface area contributed by atoms with Crippen LogP contribution in [0.5, 0.6) is 0 Å². The standard InChI is InChI=1S/C7H10BrN3/c1-11(2)7-9-4-6(3-8)5-10-7/h4-5H,3H2,1-2H3. The summed E-state index contributed by atoms with van der Waals surface area (Å²) in [6.45, 7) is 0. The molecule has 1 aromatic heterocycles. The Balaban J connectivity index is 2.83. The predicted octanol–water partition coefficient (Wildman–Crippen LogP) is 1.44. The molecule has 11 heavy (non-hydrogen) atoms. The van der Waals surface area contributed by atoms with Gasteiger partial charge in [-0.15, -0.1) is 0 Å². The Hall–Kier alpha value is -0.640. The molecule has 0 saturated heterocycles. The van der Waals surface area contributed by atoms with Crippen molar-refractivity contribution >= 4 is 21.9 Å². The van der Waals surface area contributed by atoms with Gasteiger partial charge in [0.15, 0.2) is 0 Å². The van der Waals surface area contributed by atoms with Crippen LogP contribution in [-0.4, -0.2) is 24.1 Å².